The lowest BCUT2D eigenvalue weighted by molar-refractivity contribution is 0.317. The number of ether oxygens (including phenoxy) is 1. The first-order valence-electron chi connectivity index (χ1n) is 7.24. The second kappa shape index (κ2) is 6.02. The van der Waals surface area contributed by atoms with E-state index in [9.17, 15) is 0 Å². The summed E-state index contributed by atoms with van der Waals surface area (Å²) in [7, 11) is 0. The lowest BCUT2D eigenvalue weighted by Gasteiger charge is -2.25. The van der Waals surface area contributed by atoms with Crippen LogP contribution in [0.1, 0.15) is 31.4 Å². The highest BCUT2D eigenvalue weighted by Gasteiger charge is 2.34. The fraction of sp³-hybridized carbons (Fsp3) is 0.533. The average molecular weight is 294 g/mol. The van der Waals surface area contributed by atoms with Gasteiger partial charge in [-0.3, -0.25) is 0 Å². The molecule has 0 aromatic heterocycles. The maximum Gasteiger partial charge on any atom is 0.137 e. The van der Waals surface area contributed by atoms with Crippen LogP contribution in [0.2, 0.25) is 5.02 Å². The monoisotopic (exact) mass is 293 g/mol. The molecule has 108 valence electrons. The molecule has 2 aliphatic rings. The first kappa shape index (κ1) is 13.7. The van der Waals surface area contributed by atoms with E-state index in [4.69, 9.17) is 16.3 Å². The van der Waals surface area contributed by atoms with Crippen molar-refractivity contribution in [1.29, 1.82) is 0 Å². The molecule has 20 heavy (non-hydrogen) atoms. The van der Waals surface area contributed by atoms with E-state index in [0.29, 0.717) is 17.5 Å². The second-order valence-electron chi connectivity index (χ2n) is 5.31. The fourth-order valence-corrected chi connectivity index (χ4v) is 3.06. The number of hydrogen-bond acceptors (Lipinski definition) is 4. The SMILES string of the molecule is CCCOc1ccc(C2NN=C3CCNCC32)cc1Cl. The van der Waals surface area contributed by atoms with Gasteiger partial charge in [-0.25, -0.2) is 0 Å². The molecule has 2 aliphatic heterocycles. The van der Waals surface area contributed by atoms with E-state index < -0.39 is 0 Å². The Morgan fingerprint density at radius 2 is 2.35 bits per heavy atom. The summed E-state index contributed by atoms with van der Waals surface area (Å²) in [6, 6.07) is 6.26. The van der Waals surface area contributed by atoms with Crippen LogP contribution < -0.4 is 15.5 Å². The van der Waals surface area contributed by atoms with Gasteiger partial charge in [0.1, 0.15) is 5.75 Å². The van der Waals surface area contributed by atoms with Crippen LogP contribution >= 0.6 is 11.6 Å². The van der Waals surface area contributed by atoms with E-state index in [1.54, 1.807) is 0 Å². The molecule has 1 aromatic rings. The Labute approximate surface area is 124 Å². The highest BCUT2D eigenvalue weighted by Crippen LogP contribution is 2.34. The number of hydrogen-bond donors (Lipinski definition) is 2. The van der Waals surface area contributed by atoms with Crippen molar-refractivity contribution in [3.8, 4) is 5.75 Å². The zero-order valence-electron chi connectivity index (χ0n) is 11.7. The number of halogens is 1. The van der Waals surface area contributed by atoms with Gasteiger partial charge in [0.25, 0.3) is 0 Å². The van der Waals surface area contributed by atoms with Gasteiger partial charge in [0.05, 0.1) is 17.7 Å². The Kier molecular flexibility index (Phi) is 4.13. The van der Waals surface area contributed by atoms with Crippen molar-refractivity contribution < 1.29 is 4.74 Å². The molecule has 2 atom stereocenters. The van der Waals surface area contributed by atoms with Crippen LogP contribution in [0.4, 0.5) is 0 Å². The van der Waals surface area contributed by atoms with Crippen molar-refractivity contribution in [3.05, 3.63) is 28.8 Å². The van der Waals surface area contributed by atoms with Crippen LogP contribution in [0, 0.1) is 5.92 Å². The Bertz CT molecular complexity index is 518. The zero-order chi connectivity index (χ0) is 13.9. The molecule has 1 fully saturated rings. The molecule has 0 aliphatic carbocycles. The maximum atomic E-state index is 6.31. The molecular formula is C15H20ClN3O. The number of rotatable bonds is 4. The summed E-state index contributed by atoms with van der Waals surface area (Å²) in [4.78, 5) is 0. The number of hydrazone groups is 1. The summed E-state index contributed by atoms with van der Waals surface area (Å²) in [6.45, 7) is 4.77. The normalized spacial score (nSPS) is 24.8. The molecule has 0 bridgehead atoms. The van der Waals surface area contributed by atoms with Crippen molar-refractivity contribution >= 4 is 17.3 Å². The number of fused-ring (bicyclic) bond motifs is 1. The summed E-state index contributed by atoms with van der Waals surface area (Å²) < 4.78 is 5.62. The molecule has 0 spiro atoms. The first-order chi connectivity index (χ1) is 9.79. The Morgan fingerprint density at radius 3 is 3.15 bits per heavy atom. The van der Waals surface area contributed by atoms with E-state index in [2.05, 4.69) is 28.8 Å². The maximum absolute atomic E-state index is 6.31. The predicted molar refractivity (Wildman–Crippen MR) is 81.5 cm³/mol. The van der Waals surface area contributed by atoms with Crippen LogP contribution in [0.5, 0.6) is 5.75 Å². The van der Waals surface area contributed by atoms with Crippen molar-refractivity contribution in [2.45, 2.75) is 25.8 Å². The van der Waals surface area contributed by atoms with E-state index in [-0.39, 0.29) is 6.04 Å². The zero-order valence-corrected chi connectivity index (χ0v) is 12.4. The molecule has 2 N–H and O–H groups in total. The number of benzene rings is 1. The molecule has 0 amide bonds. The van der Waals surface area contributed by atoms with Gasteiger partial charge in [-0.1, -0.05) is 24.6 Å². The Balaban J connectivity index is 1.76. The van der Waals surface area contributed by atoms with Gasteiger partial charge in [0.15, 0.2) is 0 Å². The molecule has 5 heteroatoms. The van der Waals surface area contributed by atoms with Crippen molar-refractivity contribution in [2.24, 2.45) is 11.0 Å². The smallest absolute Gasteiger partial charge is 0.137 e. The van der Waals surface area contributed by atoms with Crippen molar-refractivity contribution in [1.82, 2.24) is 10.7 Å². The summed E-state index contributed by atoms with van der Waals surface area (Å²) >= 11 is 6.31. The average Bonchev–Trinajstić information content (AvgIpc) is 2.90. The molecule has 0 radical (unpaired) electrons. The lowest BCUT2D eigenvalue weighted by atomic mass is 9.87. The Morgan fingerprint density at radius 1 is 1.45 bits per heavy atom. The summed E-state index contributed by atoms with van der Waals surface area (Å²) in [6.07, 6.45) is 2.01. The fourth-order valence-electron chi connectivity index (χ4n) is 2.82. The number of piperidine rings is 1. The first-order valence-corrected chi connectivity index (χ1v) is 7.62. The quantitative estimate of drug-likeness (QED) is 0.897. The van der Waals surface area contributed by atoms with E-state index >= 15 is 0 Å². The van der Waals surface area contributed by atoms with Crippen LogP contribution in [-0.2, 0) is 0 Å². The van der Waals surface area contributed by atoms with Gasteiger partial charge in [-0.05, 0) is 24.1 Å². The van der Waals surface area contributed by atoms with Gasteiger partial charge in [-0.15, -0.1) is 0 Å². The third-order valence-electron chi connectivity index (χ3n) is 3.88. The van der Waals surface area contributed by atoms with Gasteiger partial charge < -0.3 is 15.5 Å². The highest BCUT2D eigenvalue weighted by atomic mass is 35.5. The van der Waals surface area contributed by atoms with Crippen molar-refractivity contribution in [3.63, 3.8) is 0 Å². The minimum atomic E-state index is 0.218. The molecule has 3 rings (SSSR count). The van der Waals surface area contributed by atoms with E-state index in [1.807, 2.05) is 12.1 Å². The van der Waals surface area contributed by atoms with Gasteiger partial charge >= 0.3 is 0 Å². The molecule has 1 aromatic carbocycles. The number of nitrogens with zero attached hydrogens (tertiary/aromatic N) is 1. The second-order valence-corrected chi connectivity index (χ2v) is 5.72. The molecule has 2 heterocycles. The standard InChI is InChI=1S/C15H20ClN3O/c1-2-7-20-14-4-3-10(8-12(14)16)15-11-9-17-6-5-13(11)18-19-15/h3-4,8,11,15,17,19H,2,5-7,9H2,1H3. The van der Waals surface area contributed by atoms with Crippen LogP contribution in [0.15, 0.2) is 23.3 Å². The third kappa shape index (κ3) is 2.63. The topological polar surface area (TPSA) is 45.6 Å². The van der Waals surface area contributed by atoms with E-state index in [1.165, 1.54) is 11.3 Å². The van der Waals surface area contributed by atoms with Crippen LogP contribution in [0.3, 0.4) is 0 Å². The Hall–Kier alpha value is -1.26. The highest BCUT2D eigenvalue weighted by molar-refractivity contribution is 6.32. The summed E-state index contributed by atoms with van der Waals surface area (Å²) in [5.41, 5.74) is 5.70. The molecule has 2 unspecified atom stereocenters. The van der Waals surface area contributed by atoms with Gasteiger partial charge in [0.2, 0.25) is 0 Å². The van der Waals surface area contributed by atoms with Crippen LogP contribution in [-0.4, -0.2) is 25.4 Å². The molecular weight excluding hydrogens is 274 g/mol. The predicted octanol–water partition coefficient (Wildman–Crippen LogP) is 2.74. The minimum Gasteiger partial charge on any atom is -0.492 e. The van der Waals surface area contributed by atoms with Crippen molar-refractivity contribution in [2.75, 3.05) is 19.7 Å². The van der Waals surface area contributed by atoms with Gasteiger partial charge in [0, 0.05) is 31.1 Å². The third-order valence-corrected chi connectivity index (χ3v) is 4.17. The van der Waals surface area contributed by atoms with E-state index in [0.717, 1.165) is 31.7 Å². The largest absolute Gasteiger partial charge is 0.492 e. The minimum absolute atomic E-state index is 0.218. The van der Waals surface area contributed by atoms with Crippen LogP contribution in [0.25, 0.3) is 0 Å². The molecule has 0 saturated carbocycles. The van der Waals surface area contributed by atoms with Gasteiger partial charge in [-0.2, -0.15) is 5.10 Å². The molecule has 4 nitrogen and oxygen atoms in total. The summed E-state index contributed by atoms with van der Waals surface area (Å²) in [5, 5.41) is 8.58. The summed E-state index contributed by atoms with van der Waals surface area (Å²) in [5.74, 6) is 1.19. The molecule has 1 saturated heterocycles. The number of nitrogens with one attached hydrogen (secondary N) is 2. The lowest BCUT2D eigenvalue weighted by Crippen LogP contribution is -2.38.